The first-order valence-electron chi connectivity index (χ1n) is 8.10. The van der Waals surface area contributed by atoms with Crippen molar-refractivity contribution in [1.29, 1.82) is 0 Å². The zero-order valence-electron chi connectivity index (χ0n) is 14.4. The maximum absolute atomic E-state index is 14.5. The van der Waals surface area contributed by atoms with E-state index in [0.29, 0.717) is 5.56 Å². The molecule has 144 valence electrons. The summed E-state index contributed by atoms with van der Waals surface area (Å²) in [6.45, 7) is 1.71. The molecule has 9 heteroatoms. The molecule has 2 N–H and O–H groups in total. The molecule has 0 aliphatic carbocycles. The Morgan fingerprint density at radius 2 is 1.89 bits per heavy atom. The van der Waals surface area contributed by atoms with Crippen LogP contribution in [0.1, 0.15) is 12.0 Å². The van der Waals surface area contributed by atoms with Crippen molar-refractivity contribution in [2.75, 3.05) is 22.4 Å². The van der Waals surface area contributed by atoms with Gasteiger partial charge in [-0.2, -0.15) is 0 Å². The molecule has 5 nitrogen and oxygen atoms in total. The molecule has 1 aliphatic rings. The number of benzene rings is 2. The first-order valence-corrected chi connectivity index (χ1v) is 9.75. The number of anilines is 3. The predicted molar refractivity (Wildman–Crippen MR) is 97.4 cm³/mol. The van der Waals surface area contributed by atoms with Gasteiger partial charge in [0.1, 0.15) is 29.5 Å². The summed E-state index contributed by atoms with van der Waals surface area (Å²) in [4.78, 5) is 0. The maximum Gasteiger partial charge on any atom is 0.233 e. The Morgan fingerprint density at radius 1 is 1.11 bits per heavy atom. The topological polar surface area (TPSA) is 67.4 Å². The second-order valence-electron chi connectivity index (χ2n) is 6.02. The minimum absolute atomic E-state index is 0.0398. The van der Waals surface area contributed by atoms with Crippen LogP contribution >= 0.6 is 0 Å². The van der Waals surface area contributed by atoms with E-state index in [4.69, 9.17) is 4.74 Å². The van der Waals surface area contributed by atoms with Gasteiger partial charge < -0.3 is 10.1 Å². The van der Waals surface area contributed by atoms with Gasteiger partial charge in [-0.1, -0.05) is 18.2 Å². The summed E-state index contributed by atoms with van der Waals surface area (Å²) < 4.78 is 74.8. The summed E-state index contributed by atoms with van der Waals surface area (Å²) in [5.74, 6) is -3.77. The number of aryl methyl sites for hydroxylation is 1. The molecular weight excluding hydrogens is 381 g/mol. The Hall–Kier alpha value is -2.68. The third kappa shape index (κ3) is 4.36. The van der Waals surface area contributed by atoms with E-state index in [1.54, 1.807) is 25.1 Å². The Balaban J connectivity index is 2.14. The van der Waals surface area contributed by atoms with Crippen LogP contribution in [-0.2, 0) is 10.0 Å². The smallest absolute Gasteiger partial charge is 0.233 e. The molecule has 0 spiro atoms. The fraction of sp³-hybridized carbons (Fsp3) is 0.222. The number of hydrogen-bond acceptors (Lipinski definition) is 4. The molecule has 0 amide bonds. The molecule has 1 aliphatic heterocycles. The minimum Gasteiger partial charge on any atom is -0.487 e. The number of halogens is 3. The monoisotopic (exact) mass is 398 g/mol. The Kier molecular flexibility index (Phi) is 5.31. The molecular formula is C18H17F3N2O3S. The zero-order chi connectivity index (χ0) is 19.6. The van der Waals surface area contributed by atoms with Gasteiger partial charge in [0, 0.05) is 6.07 Å². The van der Waals surface area contributed by atoms with Crippen LogP contribution in [0.3, 0.4) is 0 Å². The highest BCUT2D eigenvalue weighted by molar-refractivity contribution is 7.92. The van der Waals surface area contributed by atoms with Gasteiger partial charge in [0.15, 0.2) is 11.6 Å². The van der Waals surface area contributed by atoms with Crippen LogP contribution in [0.25, 0.3) is 0 Å². The fourth-order valence-electron chi connectivity index (χ4n) is 2.55. The normalized spacial score (nSPS) is 16.0. The van der Waals surface area contributed by atoms with E-state index < -0.39 is 33.2 Å². The number of hydrogen-bond donors (Lipinski definition) is 2. The molecule has 2 aromatic rings. The highest BCUT2D eigenvalue weighted by atomic mass is 32.2. The molecule has 0 atom stereocenters. The summed E-state index contributed by atoms with van der Waals surface area (Å²) in [7, 11) is -3.86. The van der Waals surface area contributed by atoms with Gasteiger partial charge in [0.2, 0.25) is 10.0 Å². The number of ether oxygens (including phenoxy) is 1. The number of nitrogens with one attached hydrogen (secondary N) is 2. The molecule has 0 saturated heterocycles. The van der Waals surface area contributed by atoms with Crippen molar-refractivity contribution in [3.63, 3.8) is 0 Å². The Bertz CT molecular complexity index is 1010. The first kappa shape index (κ1) is 19.1. The van der Waals surface area contributed by atoms with E-state index in [-0.39, 0.29) is 35.9 Å². The van der Waals surface area contributed by atoms with Crippen LogP contribution in [0.4, 0.5) is 30.2 Å². The SMILES string of the molecule is Cc1ccc(Nc2c(F)c(F)cc3c2NS(=O)(=O)CCC=CCO3)c(F)c1. The van der Waals surface area contributed by atoms with Gasteiger partial charge in [0.25, 0.3) is 0 Å². The molecule has 0 fully saturated rings. The Labute approximate surface area is 154 Å². The highest BCUT2D eigenvalue weighted by Crippen LogP contribution is 2.40. The zero-order valence-corrected chi connectivity index (χ0v) is 15.2. The van der Waals surface area contributed by atoms with E-state index in [1.165, 1.54) is 12.1 Å². The average molecular weight is 398 g/mol. The van der Waals surface area contributed by atoms with Crippen molar-refractivity contribution in [1.82, 2.24) is 0 Å². The van der Waals surface area contributed by atoms with Crippen LogP contribution in [0.2, 0.25) is 0 Å². The van der Waals surface area contributed by atoms with Gasteiger partial charge in [-0.05, 0) is 31.0 Å². The lowest BCUT2D eigenvalue weighted by atomic mass is 10.2. The molecule has 27 heavy (non-hydrogen) atoms. The van der Waals surface area contributed by atoms with Crippen LogP contribution in [0.15, 0.2) is 36.4 Å². The predicted octanol–water partition coefficient (Wildman–Crippen LogP) is 4.24. The molecule has 0 saturated carbocycles. The van der Waals surface area contributed by atoms with Gasteiger partial charge in [-0.3, -0.25) is 4.72 Å². The quantitative estimate of drug-likeness (QED) is 0.743. The number of allylic oxidation sites excluding steroid dienone is 1. The van der Waals surface area contributed by atoms with Crippen LogP contribution < -0.4 is 14.8 Å². The van der Waals surface area contributed by atoms with Crippen molar-refractivity contribution in [3.05, 3.63) is 59.4 Å². The fourth-order valence-corrected chi connectivity index (χ4v) is 3.61. The van der Waals surface area contributed by atoms with Crippen molar-refractivity contribution in [2.24, 2.45) is 0 Å². The number of sulfonamides is 1. The molecule has 1 heterocycles. The highest BCUT2D eigenvalue weighted by Gasteiger charge is 2.24. The Morgan fingerprint density at radius 3 is 2.63 bits per heavy atom. The van der Waals surface area contributed by atoms with Crippen molar-refractivity contribution in [2.45, 2.75) is 13.3 Å². The maximum atomic E-state index is 14.5. The standard InChI is InChI=1S/C18H17F3N2O3S/c1-11-5-6-14(12(19)9-11)22-18-16(21)13(20)10-15-17(18)23-27(24,25)8-4-2-3-7-26-15/h2-3,5-6,9-10,22-23H,4,7-8H2,1H3. The lowest BCUT2D eigenvalue weighted by molar-refractivity contribution is 0.360. The second-order valence-corrected chi connectivity index (χ2v) is 7.86. The average Bonchev–Trinajstić information content (AvgIpc) is 2.59. The molecule has 2 aromatic carbocycles. The number of rotatable bonds is 2. The van der Waals surface area contributed by atoms with E-state index in [1.807, 2.05) is 0 Å². The second kappa shape index (κ2) is 7.51. The third-order valence-corrected chi connectivity index (χ3v) is 5.17. The van der Waals surface area contributed by atoms with Gasteiger partial charge >= 0.3 is 0 Å². The summed E-state index contributed by atoms with van der Waals surface area (Å²) in [5.41, 5.74) is -0.370. The first-order chi connectivity index (χ1) is 12.8. The van der Waals surface area contributed by atoms with E-state index in [2.05, 4.69) is 10.0 Å². The molecule has 0 aromatic heterocycles. The lowest BCUT2D eigenvalue weighted by Gasteiger charge is -2.20. The van der Waals surface area contributed by atoms with Gasteiger partial charge in [0.05, 0.1) is 11.4 Å². The van der Waals surface area contributed by atoms with Crippen molar-refractivity contribution in [3.8, 4) is 5.75 Å². The summed E-state index contributed by atoms with van der Waals surface area (Å²) in [6.07, 6.45) is 3.43. The van der Waals surface area contributed by atoms with Gasteiger partial charge in [-0.15, -0.1) is 0 Å². The van der Waals surface area contributed by atoms with Crippen LogP contribution in [0.5, 0.6) is 5.75 Å². The van der Waals surface area contributed by atoms with Crippen molar-refractivity contribution >= 4 is 27.1 Å². The van der Waals surface area contributed by atoms with E-state index >= 15 is 0 Å². The molecule has 0 radical (unpaired) electrons. The summed E-state index contributed by atoms with van der Waals surface area (Å²) in [5, 5.41) is 2.44. The largest absolute Gasteiger partial charge is 0.487 e. The van der Waals surface area contributed by atoms with Gasteiger partial charge in [-0.25, -0.2) is 21.6 Å². The van der Waals surface area contributed by atoms with Crippen LogP contribution in [0, 0.1) is 24.4 Å². The molecule has 0 bridgehead atoms. The number of fused-ring (bicyclic) bond motifs is 1. The minimum atomic E-state index is -3.86. The van der Waals surface area contributed by atoms with E-state index in [9.17, 15) is 21.6 Å². The third-order valence-electron chi connectivity index (χ3n) is 3.88. The van der Waals surface area contributed by atoms with E-state index in [0.717, 1.165) is 6.07 Å². The molecule has 3 rings (SSSR count). The lowest BCUT2D eigenvalue weighted by Crippen LogP contribution is -2.19. The summed E-state index contributed by atoms with van der Waals surface area (Å²) in [6, 6.07) is 4.88. The molecule has 0 unspecified atom stereocenters. The van der Waals surface area contributed by atoms with Crippen LogP contribution in [-0.4, -0.2) is 20.8 Å². The van der Waals surface area contributed by atoms with Crippen molar-refractivity contribution < 1.29 is 26.3 Å². The summed E-state index contributed by atoms with van der Waals surface area (Å²) >= 11 is 0.